The maximum atomic E-state index is 12.0. The van der Waals surface area contributed by atoms with E-state index in [9.17, 15) is 14.7 Å². The molecule has 0 aliphatic carbocycles. The predicted molar refractivity (Wildman–Crippen MR) is 89.4 cm³/mol. The summed E-state index contributed by atoms with van der Waals surface area (Å²) in [5.41, 5.74) is 0.0139. The van der Waals surface area contributed by atoms with Crippen molar-refractivity contribution in [3.8, 4) is 5.75 Å². The maximum Gasteiger partial charge on any atom is 0.411 e. The highest BCUT2D eigenvalue weighted by molar-refractivity contribution is 6.41. The van der Waals surface area contributed by atoms with Gasteiger partial charge in [0.2, 0.25) is 6.54 Å². The number of anilines is 2. The number of pyridine rings is 1. The summed E-state index contributed by atoms with van der Waals surface area (Å²) >= 11 is 12.0. The molecule has 1 aromatic carbocycles. The maximum absolute atomic E-state index is 12.0. The Labute approximate surface area is 147 Å². The lowest BCUT2D eigenvalue weighted by molar-refractivity contribution is -0.684. The summed E-state index contributed by atoms with van der Waals surface area (Å²) in [7, 11) is 1.17. The molecule has 0 spiro atoms. The Balaban J connectivity index is 2.19. The number of methoxy groups -OCH3 is 1. The summed E-state index contributed by atoms with van der Waals surface area (Å²) in [6, 6.07) is 6.67. The molecule has 2 rings (SSSR count). The molecule has 0 radical (unpaired) electrons. The van der Waals surface area contributed by atoms with E-state index in [4.69, 9.17) is 23.2 Å². The van der Waals surface area contributed by atoms with Gasteiger partial charge in [0, 0.05) is 12.1 Å². The number of hydrogen-bond donors (Lipinski definition) is 3. The van der Waals surface area contributed by atoms with Crippen LogP contribution in [0.15, 0.2) is 36.7 Å². The van der Waals surface area contributed by atoms with Gasteiger partial charge in [-0.1, -0.05) is 29.3 Å². The molecule has 2 aromatic rings. The van der Waals surface area contributed by atoms with Gasteiger partial charge in [-0.05, 0) is 6.07 Å². The van der Waals surface area contributed by atoms with Gasteiger partial charge in [-0.25, -0.2) is 4.79 Å². The Hall–Kier alpha value is -2.51. The van der Waals surface area contributed by atoms with E-state index in [0.717, 1.165) is 0 Å². The molecular weight excluding hydrogens is 357 g/mol. The molecular formula is C15H14Cl2N3O4+. The van der Waals surface area contributed by atoms with Crippen LogP contribution < -0.4 is 15.2 Å². The Morgan fingerprint density at radius 1 is 1.21 bits per heavy atom. The molecule has 0 bridgehead atoms. The predicted octanol–water partition coefficient (Wildman–Crippen LogP) is 2.80. The van der Waals surface area contributed by atoms with Gasteiger partial charge in [0.25, 0.3) is 5.91 Å². The fraction of sp³-hybridized carbons (Fsp3) is 0.133. The van der Waals surface area contributed by atoms with Crippen molar-refractivity contribution in [3.05, 3.63) is 46.7 Å². The highest BCUT2D eigenvalue weighted by Crippen LogP contribution is 2.42. The number of hydrogen-bond acceptors (Lipinski definition) is 4. The minimum absolute atomic E-state index is 0.0156. The number of aromatic hydroxyl groups is 1. The summed E-state index contributed by atoms with van der Waals surface area (Å²) in [5.74, 6) is -0.804. The van der Waals surface area contributed by atoms with E-state index in [-0.39, 0.29) is 33.9 Å². The van der Waals surface area contributed by atoms with Crippen molar-refractivity contribution in [1.82, 2.24) is 0 Å². The molecule has 9 heteroatoms. The second-order valence-electron chi connectivity index (χ2n) is 4.66. The largest absolute Gasteiger partial charge is 0.504 e. The van der Waals surface area contributed by atoms with Crippen LogP contribution >= 0.6 is 23.2 Å². The van der Waals surface area contributed by atoms with Gasteiger partial charge < -0.3 is 15.2 Å². The Kier molecular flexibility index (Phi) is 5.83. The van der Waals surface area contributed by atoms with E-state index in [1.54, 1.807) is 29.1 Å². The average Bonchev–Trinajstić information content (AvgIpc) is 2.57. The third kappa shape index (κ3) is 4.27. The summed E-state index contributed by atoms with van der Waals surface area (Å²) in [6.07, 6.45) is 2.65. The van der Waals surface area contributed by atoms with Crippen molar-refractivity contribution in [2.24, 2.45) is 0 Å². The van der Waals surface area contributed by atoms with E-state index in [0.29, 0.717) is 0 Å². The molecule has 0 unspecified atom stereocenters. The van der Waals surface area contributed by atoms with E-state index in [2.05, 4.69) is 15.4 Å². The number of amides is 2. The first-order chi connectivity index (χ1) is 11.4. The number of nitrogens with zero attached hydrogens (tertiary/aromatic N) is 1. The Bertz CT molecular complexity index is 769. The number of carbonyl (C=O) groups is 2. The summed E-state index contributed by atoms with van der Waals surface area (Å²) in [4.78, 5) is 23.3. The topological polar surface area (TPSA) is 91.5 Å². The molecule has 7 nitrogen and oxygen atoms in total. The van der Waals surface area contributed by atoms with Gasteiger partial charge in [-0.15, -0.1) is 0 Å². The van der Waals surface area contributed by atoms with Crippen LogP contribution in [0.1, 0.15) is 0 Å². The first-order valence-electron chi connectivity index (χ1n) is 6.72. The van der Waals surface area contributed by atoms with Gasteiger partial charge in [0.1, 0.15) is 5.02 Å². The van der Waals surface area contributed by atoms with Crippen molar-refractivity contribution in [3.63, 3.8) is 0 Å². The molecule has 0 aliphatic heterocycles. The molecule has 126 valence electrons. The third-order valence-corrected chi connectivity index (χ3v) is 3.65. The number of rotatable bonds is 4. The second-order valence-corrected chi connectivity index (χ2v) is 5.44. The van der Waals surface area contributed by atoms with Gasteiger partial charge in [0.05, 0.1) is 23.5 Å². The van der Waals surface area contributed by atoms with Crippen LogP contribution in [0.3, 0.4) is 0 Å². The van der Waals surface area contributed by atoms with Crippen molar-refractivity contribution >= 4 is 46.6 Å². The smallest absolute Gasteiger partial charge is 0.411 e. The lowest BCUT2D eigenvalue weighted by Crippen LogP contribution is -2.39. The minimum Gasteiger partial charge on any atom is -0.504 e. The number of halogens is 2. The number of phenolic OH excluding ortho intramolecular Hbond substituents is 1. The van der Waals surface area contributed by atoms with Crippen molar-refractivity contribution in [2.45, 2.75) is 6.54 Å². The van der Waals surface area contributed by atoms with E-state index in [1.807, 2.05) is 6.07 Å². The molecule has 0 saturated carbocycles. The number of carbonyl (C=O) groups excluding carboxylic acids is 2. The van der Waals surface area contributed by atoms with Crippen LogP contribution in [0.5, 0.6) is 5.75 Å². The molecule has 0 aliphatic rings. The fourth-order valence-corrected chi connectivity index (χ4v) is 2.42. The average molecular weight is 371 g/mol. The lowest BCUT2D eigenvalue weighted by atomic mass is 10.2. The first kappa shape index (κ1) is 17.8. The molecule has 1 heterocycles. The summed E-state index contributed by atoms with van der Waals surface area (Å²) in [6.45, 7) is 0.0394. The zero-order chi connectivity index (χ0) is 17.7. The first-order valence-corrected chi connectivity index (χ1v) is 7.47. The summed E-state index contributed by atoms with van der Waals surface area (Å²) < 4.78 is 6.10. The monoisotopic (exact) mass is 370 g/mol. The molecule has 0 atom stereocenters. The number of aromatic nitrogens is 1. The minimum atomic E-state index is -0.796. The molecule has 3 N–H and O–H groups in total. The number of ether oxygens (including phenoxy) is 1. The Morgan fingerprint density at radius 2 is 1.88 bits per heavy atom. The fourth-order valence-electron chi connectivity index (χ4n) is 1.87. The van der Waals surface area contributed by atoms with Crippen LogP contribution in [0.4, 0.5) is 16.2 Å². The highest BCUT2D eigenvalue weighted by atomic mass is 35.5. The van der Waals surface area contributed by atoms with Crippen LogP contribution in [-0.4, -0.2) is 24.2 Å². The van der Waals surface area contributed by atoms with Crippen LogP contribution in [0.2, 0.25) is 10.0 Å². The normalized spacial score (nSPS) is 10.1. The van der Waals surface area contributed by atoms with Crippen molar-refractivity contribution < 1.29 is 24.0 Å². The Morgan fingerprint density at radius 3 is 2.50 bits per heavy atom. The van der Waals surface area contributed by atoms with Gasteiger partial charge in [0.15, 0.2) is 18.1 Å². The van der Waals surface area contributed by atoms with Gasteiger partial charge in [-0.2, -0.15) is 4.57 Å². The third-order valence-electron chi connectivity index (χ3n) is 2.98. The lowest BCUT2D eigenvalue weighted by Gasteiger charge is -2.13. The van der Waals surface area contributed by atoms with Crippen LogP contribution in [0, 0.1) is 0 Å². The van der Waals surface area contributed by atoms with E-state index < -0.39 is 11.8 Å². The van der Waals surface area contributed by atoms with Crippen molar-refractivity contribution in [1.29, 1.82) is 0 Å². The molecule has 2 amide bonds. The zero-order valence-corrected chi connectivity index (χ0v) is 14.1. The SMILES string of the molecule is COC(=O)Nc1c(Cl)cc(NC(=O)C[n+]2ccccc2)c(O)c1Cl. The standard InChI is InChI=1S/C15H13Cl2N3O4/c1-24-15(23)19-13-9(16)7-10(14(22)12(13)17)18-11(21)8-20-5-3-2-4-6-20/h2-7H,8H2,1H3,(H2-,18,19,21,22,23)/p+1. The van der Waals surface area contributed by atoms with Crippen LogP contribution in [0.25, 0.3) is 0 Å². The molecule has 0 fully saturated rings. The number of nitrogens with one attached hydrogen (secondary N) is 2. The zero-order valence-electron chi connectivity index (χ0n) is 12.5. The quantitative estimate of drug-likeness (QED) is 0.569. The van der Waals surface area contributed by atoms with Crippen molar-refractivity contribution in [2.75, 3.05) is 17.7 Å². The molecule has 1 aromatic heterocycles. The van der Waals surface area contributed by atoms with Crippen LogP contribution in [-0.2, 0) is 16.1 Å². The highest BCUT2D eigenvalue weighted by Gasteiger charge is 2.20. The molecule has 0 saturated heterocycles. The number of phenols is 1. The van der Waals surface area contributed by atoms with E-state index >= 15 is 0 Å². The number of benzene rings is 1. The van der Waals surface area contributed by atoms with E-state index in [1.165, 1.54) is 13.2 Å². The summed E-state index contributed by atoms with van der Waals surface area (Å²) in [5, 5.41) is 14.7. The second kappa shape index (κ2) is 7.85. The molecule has 24 heavy (non-hydrogen) atoms. The van der Waals surface area contributed by atoms with Gasteiger partial charge in [-0.3, -0.25) is 10.1 Å². The van der Waals surface area contributed by atoms with Gasteiger partial charge >= 0.3 is 6.09 Å².